The molecule has 2 nitrogen and oxygen atoms in total. The quantitative estimate of drug-likeness (QED) is 0.606. The molecule has 4 heteroatoms. The first-order valence-electron chi connectivity index (χ1n) is 6.48. The summed E-state index contributed by atoms with van der Waals surface area (Å²) in [6.45, 7) is 0.311. The Hall–Kier alpha value is -1.24. The Kier molecular flexibility index (Phi) is 6.85. The molecule has 1 N–H and O–H groups in total. The number of hydrogen-bond acceptors (Lipinski definition) is 2. The molecule has 0 radical (unpaired) electrons. The molecule has 2 aromatic rings. The van der Waals surface area contributed by atoms with Gasteiger partial charge in [0.15, 0.2) is 0 Å². The average molecular weight is 410 g/mol. The van der Waals surface area contributed by atoms with Gasteiger partial charge in [0.2, 0.25) is 0 Å². The maximum atomic E-state index is 9.86. The molecule has 0 aliphatic heterocycles. The van der Waals surface area contributed by atoms with Crippen LogP contribution in [0.25, 0.3) is 0 Å². The van der Waals surface area contributed by atoms with Crippen LogP contribution in [0.5, 0.6) is 5.75 Å². The van der Waals surface area contributed by atoms with Crippen LogP contribution in [0.2, 0.25) is 5.32 Å². The van der Waals surface area contributed by atoms with E-state index < -0.39 is 6.10 Å². The maximum absolute atomic E-state index is 9.86. The number of benzene rings is 2. The Morgan fingerprint density at radius 3 is 2.52 bits per heavy atom. The van der Waals surface area contributed by atoms with Crippen LogP contribution in [0, 0.1) is 10.7 Å². The molecular formula is C17H15BrO2Se. The van der Waals surface area contributed by atoms with Crippen molar-refractivity contribution in [2.75, 3.05) is 6.61 Å². The number of hydrogen-bond donors (Lipinski definition) is 1. The van der Waals surface area contributed by atoms with Crippen LogP contribution in [0.1, 0.15) is 5.56 Å². The zero-order chi connectivity index (χ0) is 14.9. The van der Waals surface area contributed by atoms with E-state index in [2.05, 4.69) is 26.7 Å². The van der Waals surface area contributed by atoms with Gasteiger partial charge in [-0.1, -0.05) is 0 Å². The van der Waals surface area contributed by atoms with Crippen molar-refractivity contribution < 1.29 is 9.84 Å². The number of rotatable bonds is 5. The van der Waals surface area contributed by atoms with Crippen LogP contribution in [0.15, 0.2) is 59.1 Å². The minimum absolute atomic E-state index is 0.0898. The molecule has 0 spiro atoms. The topological polar surface area (TPSA) is 29.5 Å². The standard InChI is InChI=1S/C17H15BrO2Se/c18-15-8-6-14(7-9-15)10-11-21-13-16(19)12-20-17-4-2-1-3-5-17/h1-9,16,19H,12-13H2. The fourth-order valence-corrected chi connectivity index (χ4v) is 2.97. The number of para-hydroxylation sites is 1. The van der Waals surface area contributed by atoms with E-state index in [1.807, 2.05) is 54.6 Å². The van der Waals surface area contributed by atoms with Gasteiger partial charge in [-0.3, -0.25) is 0 Å². The Bertz CT molecular complexity index is 602. The van der Waals surface area contributed by atoms with Crippen molar-refractivity contribution in [3.63, 3.8) is 0 Å². The molecule has 2 aromatic carbocycles. The summed E-state index contributed by atoms with van der Waals surface area (Å²) in [6, 6.07) is 17.4. The van der Waals surface area contributed by atoms with E-state index in [0.717, 1.165) is 15.8 Å². The minimum atomic E-state index is -0.468. The summed E-state index contributed by atoms with van der Waals surface area (Å²) in [4.78, 5) is 3.13. The van der Waals surface area contributed by atoms with Crippen LogP contribution in [0.3, 0.4) is 0 Å². The number of halogens is 1. The molecule has 0 saturated heterocycles. The summed E-state index contributed by atoms with van der Waals surface area (Å²) in [5.74, 6) is 3.89. The van der Waals surface area contributed by atoms with Crippen molar-refractivity contribution in [1.29, 1.82) is 0 Å². The second-order valence-corrected chi connectivity index (χ2v) is 6.97. The molecule has 0 fully saturated rings. The predicted molar refractivity (Wildman–Crippen MR) is 89.5 cm³/mol. The number of ether oxygens (including phenoxy) is 1. The zero-order valence-electron chi connectivity index (χ0n) is 11.3. The van der Waals surface area contributed by atoms with E-state index in [9.17, 15) is 5.11 Å². The van der Waals surface area contributed by atoms with Gasteiger partial charge >= 0.3 is 140 Å². The third-order valence-electron chi connectivity index (χ3n) is 2.57. The van der Waals surface area contributed by atoms with Crippen LogP contribution in [0.4, 0.5) is 0 Å². The molecule has 21 heavy (non-hydrogen) atoms. The Morgan fingerprint density at radius 2 is 1.81 bits per heavy atom. The fraction of sp³-hybridized carbons (Fsp3) is 0.176. The van der Waals surface area contributed by atoms with E-state index in [1.165, 1.54) is 0 Å². The molecular weight excluding hydrogens is 395 g/mol. The van der Waals surface area contributed by atoms with Crippen LogP contribution in [-0.2, 0) is 0 Å². The number of aliphatic hydroxyl groups is 1. The molecule has 0 saturated carbocycles. The first-order chi connectivity index (χ1) is 10.2. The summed E-state index contributed by atoms with van der Waals surface area (Å²) in [7, 11) is 0. The van der Waals surface area contributed by atoms with Gasteiger partial charge in [-0.05, 0) is 0 Å². The van der Waals surface area contributed by atoms with Crippen molar-refractivity contribution in [1.82, 2.24) is 0 Å². The molecule has 1 unspecified atom stereocenters. The summed E-state index contributed by atoms with van der Waals surface area (Å²) < 4.78 is 6.55. The van der Waals surface area contributed by atoms with E-state index in [1.54, 1.807) is 0 Å². The average Bonchev–Trinajstić information content (AvgIpc) is 2.52. The normalized spacial score (nSPS) is 11.3. The van der Waals surface area contributed by atoms with Gasteiger partial charge in [0.25, 0.3) is 0 Å². The van der Waals surface area contributed by atoms with Crippen molar-refractivity contribution in [2.45, 2.75) is 11.4 Å². The van der Waals surface area contributed by atoms with E-state index in [-0.39, 0.29) is 15.0 Å². The molecule has 0 heterocycles. The van der Waals surface area contributed by atoms with Gasteiger partial charge in [0.1, 0.15) is 0 Å². The van der Waals surface area contributed by atoms with E-state index in [0.29, 0.717) is 11.9 Å². The third-order valence-corrected chi connectivity index (χ3v) is 4.78. The second-order valence-electron chi connectivity index (χ2n) is 4.32. The van der Waals surface area contributed by atoms with Gasteiger partial charge in [0.05, 0.1) is 0 Å². The van der Waals surface area contributed by atoms with Gasteiger partial charge in [0, 0.05) is 0 Å². The van der Waals surface area contributed by atoms with Crippen LogP contribution >= 0.6 is 15.9 Å². The Balaban J connectivity index is 1.70. The van der Waals surface area contributed by atoms with Crippen molar-refractivity contribution in [3.05, 3.63) is 64.6 Å². The van der Waals surface area contributed by atoms with Crippen LogP contribution < -0.4 is 4.74 Å². The van der Waals surface area contributed by atoms with Gasteiger partial charge in [-0.2, -0.15) is 0 Å². The van der Waals surface area contributed by atoms with E-state index >= 15 is 0 Å². The first-order valence-corrected chi connectivity index (χ1v) is 9.34. The molecule has 0 aliphatic carbocycles. The van der Waals surface area contributed by atoms with E-state index in [4.69, 9.17) is 4.74 Å². The van der Waals surface area contributed by atoms with Gasteiger partial charge in [-0.25, -0.2) is 0 Å². The monoisotopic (exact) mass is 410 g/mol. The molecule has 1 atom stereocenters. The number of aliphatic hydroxyl groups excluding tert-OH is 1. The fourth-order valence-electron chi connectivity index (χ4n) is 1.52. The second kappa shape index (κ2) is 8.92. The van der Waals surface area contributed by atoms with Crippen molar-refractivity contribution >= 4 is 30.9 Å². The predicted octanol–water partition coefficient (Wildman–Crippen LogP) is 3.32. The zero-order valence-corrected chi connectivity index (χ0v) is 14.6. The Morgan fingerprint density at radius 1 is 1.10 bits per heavy atom. The Labute approximate surface area is 139 Å². The molecule has 2 rings (SSSR count). The molecule has 0 amide bonds. The first kappa shape index (κ1) is 16.1. The summed E-state index contributed by atoms with van der Waals surface area (Å²) in [6.07, 6.45) is -0.468. The summed E-state index contributed by atoms with van der Waals surface area (Å²) in [5.41, 5.74) is 0.995. The van der Waals surface area contributed by atoms with Gasteiger partial charge < -0.3 is 0 Å². The van der Waals surface area contributed by atoms with Crippen molar-refractivity contribution in [2.24, 2.45) is 0 Å². The van der Waals surface area contributed by atoms with Gasteiger partial charge in [-0.15, -0.1) is 0 Å². The SMILES string of the molecule is OC(COc1ccccc1)C[Se]C#Cc1ccc(Br)cc1. The molecule has 0 bridgehead atoms. The molecule has 0 aliphatic rings. The molecule has 0 aromatic heterocycles. The summed E-state index contributed by atoms with van der Waals surface area (Å²) >= 11 is 3.48. The van der Waals surface area contributed by atoms with Crippen molar-refractivity contribution in [3.8, 4) is 16.5 Å². The van der Waals surface area contributed by atoms with Crippen LogP contribution in [-0.4, -0.2) is 32.8 Å². The third kappa shape index (κ3) is 6.37. The molecule has 108 valence electrons. The summed E-state index contributed by atoms with van der Waals surface area (Å²) in [5, 5.41) is 10.5.